The Kier molecular flexibility index (Phi) is 7.21. The van der Waals surface area contributed by atoms with Gasteiger partial charge in [0.2, 0.25) is 0 Å². The van der Waals surface area contributed by atoms with Crippen molar-refractivity contribution in [3.8, 4) is 6.07 Å². The maximum Gasteiger partial charge on any atom is 0.303 e. The Morgan fingerprint density at radius 2 is 1.88 bits per heavy atom. The highest BCUT2D eigenvalue weighted by Crippen LogP contribution is 2.41. The minimum atomic E-state index is -0.857. The summed E-state index contributed by atoms with van der Waals surface area (Å²) in [6, 6.07) is 8.42. The van der Waals surface area contributed by atoms with E-state index in [-0.39, 0.29) is 4.58 Å². The largest absolute Gasteiger partial charge is 0.458 e. The lowest BCUT2D eigenvalue weighted by molar-refractivity contribution is -0.165. The van der Waals surface area contributed by atoms with E-state index in [0.717, 1.165) is 4.90 Å². The van der Waals surface area contributed by atoms with Crippen molar-refractivity contribution in [1.29, 1.82) is 5.26 Å². The van der Waals surface area contributed by atoms with Crippen molar-refractivity contribution in [1.82, 2.24) is 0 Å². The number of ether oxygens (including phenoxy) is 2. The second-order valence-electron chi connectivity index (χ2n) is 5.38. The van der Waals surface area contributed by atoms with Crippen molar-refractivity contribution in [2.75, 3.05) is 5.75 Å². The van der Waals surface area contributed by atoms with Crippen LogP contribution in [0.5, 0.6) is 0 Å². The molecule has 0 spiro atoms. The molecule has 0 saturated carbocycles. The van der Waals surface area contributed by atoms with Crippen molar-refractivity contribution in [2.24, 2.45) is 5.11 Å². The van der Waals surface area contributed by atoms with Gasteiger partial charge >= 0.3 is 11.9 Å². The van der Waals surface area contributed by atoms with Gasteiger partial charge in [-0.2, -0.15) is 5.26 Å². The Hall–Kier alpha value is -2.34. The molecule has 1 aliphatic rings. The zero-order valence-electron chi connectivity index (χ0n) is 14.1. The molecule has 4 atom stereocenters. The van der Waals surface area contributed by atoms with Crippen LogP contribution < -0.4 is 0 Å². The Balaban J connectivity index is 2.27. The first kappa shape index (κ1) is 20.0. The number of hydrogen-bond acceptors (Lipinski definition) is 8. The Morgan fingerprint density at radius 1 is 1.27 bits per heavy atom. The lowest BCUT2D eigenvalue weighted by atomic mass is 10.1. The quantitative estimate of drug-likeness (QED) is 0.326. The van der Waals surface area contributed by atoms with E-state index in [9.17, 15) is 9.59 Å². The summed E-state index contributed by atoms with van der Waals surface area (Å²) in [6.07, 6.45) is -1.63. The lowest BCUT2D eigenvalue weighted by Crippen LogP contribution is -2.51. The van der Waals surface area contributed by atoms with Crippen LogP contribution in [0.2, 0.25) is 0 Å². The molecular formula is C16H16N4O4S2. The fourth-order valence-electron chi connectivity index (χ4n) is 2.42. The number of thioether (sulfide) groups is 2. The molecule has 0 unspecified atom stereocenters. The summed E-state index contributed by atoms with van der Waals surface area (Å²) in [5, 5.41) is 12.6. The standard InChI is InChI=1S/C16H16N4O4S2/c1-9(21)23-14-13(19-20-18)8-25-16(15(14)24-10(2)22)26-12-5-3-11(7-17)4-6-12/h3-6,13-16H,8H2,1-2H3/t13-,14+,15-,16+/m1/s1. The maximum atomic E-state index is 11.6. The molecule has 0 aromatic heterocycles. The van der Waals surface area contributed by atoms with Gasteiger partial charge in [0.25, 0.3) is 0 Å². The molecule has 0 radical (unpaired) electrons. The summed E-state index contributed by atoms with van der Waals surface area (Å²) in [5.74, 6) is -0.632. The van der Waals surface area contributed by atoms with Gasteiger partial charge in [0, 0.05) is 29.4 Å². The number of rotatable bonds is 5. The van der Waals surface area contributed by atoms with E-state index < -0.39 is 30.2 Å². The molecule has 1 fully saturated rings. The summed E-state index contributed by atoms with van der Waals surface area (Å²) in [4.78, 5) is 26.7. The molecule has 1 saturated heterocycles. The number of benzene rings is 1. The number of hydrogen-bond donors (Lipinski definition) is 0. The number of nitrogens with zero attached hydrogens (tertiary/aromatic N) is 4. The third kappa shape index (κ3) is 5.33. The van der Waals surface area contributed by atoms with Crippen molar-refractivity contribution < 1.29 is 19.1 Å². The summed E-state index contributed by atoms with van der Waals surface area (Å²) < 4.78 is 10.5. The van der Waals surface area contributed by atoms with Crippen LogP contribution in [0, 0.1) is 11.3 Å². The molecule has 0 aliphatic carbocycles. The highest BCUT2D eigenvalue weighted by Gasteiger charge is 2.44. The lowest BCUT2D eigenvalue weighted by Gasteiger charge is -2.39. The maximum absolute atomic E-state index is 11.6. The first-order valence-corrected chi connectivity index (χ1v) is 9.54. The van der Waals surface area contributed by atoms with Gasteiger partial charge in [0.05, 0.1) is 22.3 Å². The van der Waals surface area contributed by atoms with E-state index in [1.165, 1.54) is 37.4 Å². The summed E-state index contributed by atoms with van der Waals surface area (Å²) in [5.41, 5.74) is 9.30. The summed E-state index contributed by atoms with van der Waals surface area (Å²) in [6.45, 7) is 2.53. The number of carbonyl (C=O) groups excluding carboxylic acids is 2. The zero-order chi connectivity index (χ0) is 19.1. The second-order valence-corrected chi connectivity index (χ2v) is 8.06. The van der Waals surface area contributed by atoms with Crippen molar-refractivity contribution in [3.05, 3.63) is 40.3 Å². The van der Waals surface area contributed by atoms with Gasteiger partial charge in [-0.05, 0) is 29.8 Å². The molecule has 26 heavy (non-hydrogen) atoms. The van der Waals surface area contributed by atoms with E-state index in [1.54, 1.807) is 24.3 Å². The average molecular weight is 392 g/mol. The van der Waals surface area contributed by atoms with Gasteiger partial charge in [0.15, 0.2) is 6.10 Å². The van der Waals surface area contributed by atoms with Gasteiger partial charge in [-0.15, -0.1) is 23.5 Å². The Bertz CT molecular complexity index is 759. The fourth-order valence-corrected chi connectivity index (χ4v) is 5.21. The smallest absolute Gasteiger partial charge is 0.303 e. The predicted molar refractivity (Wildman–Crippen MR) is 97.3 cm³/mol. The Labute approximate surface area is 158 Å². The van der Waals surface area contributed by atoms with Gasteiger partial charge in [-0.25, -0.2) is 0 Å². The highest BCUT2D eigenvalue weighted by atomic mass is 32.2. The number of nitriles is 1. The molecule has 0 N–H and O–H groups in total. The third-order valence-electron chi connectivity index (χ3n) is 3.44. The molecule has 1 aromatic carbocycles. The minimum absolute atomic E-state index is 0.263. The normalized spacial score (nSPS) is 24.7. The number of carbonyl (C=O) groups is 2. The average Bonchev–Trinajstić information content (AvgIpc) is 2.60. The van der Waals surface area contributed by atoms with Crippen LogP contribution in [-0.2, 0) is 19.1 Å². The fraction of sp³-hybridized carbons (Fsp3) is 0.438. The first-order valence-electron chi connectivity index (χ1n) is 7.61. The van der Waals surface area contributed by atoms with E-state index in [1.807, 2.05) is 0 Å². The van der Waals surface area contributed by atoms with Gasteiger partial charge in [-0.3, -0.25) is 9.59 Å². The minimum Gasteiger partial charge on any atom is -0.458 e. The van der Waals surface area contributed by atoms with Crippen molar-refractivity contribution in [3.63, 3.8) is 0 Å². The molecule has 1 heterocycles. The second kappa shape index (κ2) is 9.38. The van der Waals surface area contributed by atoms with Crippen LogP contribution in [0.1, 0.15) is 19.4 Å². The van der Waals surface area contributed by atoms with Gasteiger partial charge < -0.3 is 9.47 Å². The van der Waals surface area contributed by atoms with Gasteiger partial charge in [-0.1, -0.05) is 5.11 Å². The van der Waals surface area contributed by atoms with Crippen LogP contribution in [-0.4, -0.2) is 40.5 Å². The monoisotopic (exact) mass is 392 g/mol. The first-order chi connectivity index (χ1) is 12.4. The van der Waals surface area contributed by atoms with Crippen LogP contribution >= 0.6 is 23.5 Å². The molecule has 136 valence electrons. The Morgan fingerprint density at radius 3 is 2.42 bits per heavy atom. The van der Waals surface area contributed by atoms with E-state index >= 15 is 0 Å². The van der Waals surface area contributed by atoms with Crippen molar-refractivity contribution >= 4 is 35.5 Å². The number of azide groups is 1. The molecule has 2 rings (SSSR count). The predicted octanol–water partition coefficient (Wildman–Crippen LogP) is 3.27. The van der Waals surface area contributed by atoms with E-state index in [2.05, 4.69) is 16.1 Å². The highest BCUT2D eigenvalue weighted by molar-refractivity contribution is 8.17. The van der Waals surface area contributed by atoms with E-state index in [0.29, 0.717) is 11.3 Å². The molecule has 8 nitrogen and oxygen atoms in total. The number of esters is 2. The molecule has 1 aliphatic heterocycles. The molecule has 0 amide bonds. The van der Waals surface area contributed by atoms with Crippen LogP contribution in [0.4, 0.5) is 0 Å². The van der Waals surface area contributed by atoms with Crippen LogP contribution in [0.25, 0.3) is 10.4 Å². The van der Waals surface area contributed by atoms with Crippen LogP contribution in [0.15, 0.2) is 34.3 Å². The SMILES string of the molecule is CC(=O)O[C@@H]1[C@@H](OC(C)=O)[C@H](Sc2ccc(C#N)cc2)SC[C@H]1N=[N+]=[N-]. The van der Waals surface area contributed by atoms with E-state index in [4.69, 9.17) is 20.3 Å². The molecule has 10 heteroatoms. The molecule has 1 aromatic rings. The molecule has 0 bridgehead atoms. The topological polar surface area (TPSA) is 125 Å². The third-order valence-corrected chi connectivity index (χ3v) is 6.31. The van der Waals surface area contributed by atoms with Crippen molar-refractivity contribution in [2.45, 2.75) is 41.6 Å². The zero-order valence-corrected chi connectivity index (χ0v) is 15.7. The molecular weight excluding hydrogens is 376 g/mol. The van der Waals surface area contributed by atoms with Crippen LogP contribution in [0.3, 0.4) is 0 Å². The summed E-state index contributed by atoms with van der Waals surface area (Å²) in [7, 11) is 0. The summed E-state index contributed by atoms with van der Waals surface area (Å²) >= 11 is 2.90. The van der Waals surface area contributed by atoms with Gasteiger partial charge in [0.1, 0.15) is 6.10 Å².